The summed E-state index contributed by atoms with van der Waals surface area (Å²) in [5.41, 5.74) is 0. The predicted molar refractivity (Wildman–Crippen MR) is 62.2 cm³/mol. The van der Waals surface area contributed by atoms with Crippen LogP contribution < -0.4 is 0 Å². The van der Waals surface area contributed by atoms with E-state index in [1.807, 2.05) is 0 Å². The van der Waals surface area contributed by atoms with Crippen molar-refractivity contribution in [3.63, 3.8) is 0 Å². The third-order valence-electron chi connectivity index (χ3n) is 1.87. The van der Waals surface area contributed by atoms with Gasteiger partial charge in [-0.2, -0.15) is 8.42 Å². The lowest BCUT2D eigenvalue weighted by Crippen LogP contribution is -2.21. The lowest BCUT2D eigenvalue weighted by atomic mass is 10.1. The summed E-state index contributed by atoms with van der Waals surface area (Å²) < 4.78 is 35.6. The van der Waals surface area contributed by atoms with Crippen LogP contribution in [0.1, 0.15) is 20.3 Å². The normalized spacial score (nSPS) is 11.3. The molecule has 0 aliphatic rings. The summed E-state index contributed by atoms with van der Waals surface area (Å²) >= 11 is 0. The van der Waals surface area contributed by atoms with Crippen molar-refractivity contribution in [1.82, 2.24) is 0 Å². The first-order chi connectivity index (χ1) is 8.20. The van der Waals surface area contributed by atoms with Gasteiger partial charge in [-0.05, 0) is 6.42 Å². The van der Waals surface area contributed by atoms with E-state index in [0.29, 0.717) is 6.42 Å². The minimum absolute atomic E-state index is 0.0496. The van der Waals surface area contributed by atoms with Gasteiger partial charge in [0.2, 0.25) is 0 Å². The first-order valence-corrected chi connectivity index (χ1v) is 7.13. The van der Waals surface area contributed by atoms with E-state index < -0.39 is 22.1 Å². The van der Waals surface area contributed by atoms with Crippen LogP contribution in [0.3, 0.4) is 0 Å². The second kappa shape index (κ2) is 8.04. The molecule has 8 heteroatoms. The second-order valence-corrected chi connectivity index (χ2v) is 5.43. The van der Waals surface area contributed by atoms with E-state index in [2.05, 4.69) is 4.18 Å². The molecule has 0 saturated carbocycles. The number of ether oxygens (including phenoxy) is 2. The van der Waals surface area contributed by atoms with Gasteiger partial charge < -0.3 is 9.47 Å². The van der Waals surface area contributed by atoms with Gasteiger partial charge in [0.15, 0.2) is 0 Å². The number of hydrogen-bond acceptors (Lipinski definition) is 7. The molecule has 106 valence electrons. The quantitative estimate of drug-likeness (QED) is 0.460. The van der Waals surface area contributed by atoms with E-state index in [1.54, 1.807) is 0 Å². The summed E-state index contributed by atoms with van der Waals surface area (Å²) in [6.45, 7) is 2.57. The number of carbonyl (C=O) groups is 2. The van der Waals surface area contributed by atoms with Crippen molar-refractivity contribution in [3.8, 4) is 0 Å². The molecule has 0 amide bonds. The van der Waals surface area contributed by atoms with Crippen molar-refractivity contribution < 1.29 is 31.7 Å². The predicted octanol–water partition coefficient (Wildman–Crippen LogP) is 0.0951. The van der Waals surface area contributed by atoms with E-state index in [9.17, 15) is 18.0 Å². The lowest BCUT2D eigenvalue weighted by Gasteiger charge is -2.15. The van der Waals surface area contributed by atoms with E-state index in [1.165, 1.54) is 13.8 Å². The van der Waals surface area contributed by atoms with E-state index in [0.717, 1.165) is 6.26 Å². The monoisotopic (exact) mass is 282 g/mol. The van der Waals surface area contributed by atoms with Crippen LogP contribution in [0.5, 0.6) is 0 Å². The molecule has 0 N–H and O–H groups in total. The molecule has 0 atom stereocenters. The summed E-state index contributed by atoms with van der Waals surface area (Å²) in [4.78, 5) is 21.3. The SMILES string of the molecule is CC(=O)OCC(CCOS(C)(=O)=O)COC(C)=O. The van der Waals surface area contributed by atoms with Gasteiger partial charge in [-0.15, -0.1) is 0 Å². The molecule has 0 aliphatic heterocycles. The van der Waals surface area contributed by atoms with Crippen LogP contribution >= 0.6 is 0 Å². The first-order valence-electron chi connectivity index (χ1n) is 5.32. The second-order valence-electron chi connectivity index (χ2n) is 3.79. The van der Waals surface area contributed by atoms with Crippen LogP contribution in [0.2, 0.25) is 0 Å². The van der Waals surface area contributed by atoms with E-state index >= 15 is 0 Å². The molecular formula is C10H18O7S. The average Bonchev–Trinajstić information content (AvgIpc) is 2.19. The number of hydrogen-bond donors (Lipinski definition) is 0. The molecule has 0 unspecified atom stereocenters. The largest absolute Gasteiger partial charge is 0.465 e. The zero-order valence-corrected chi connectivity index (χ0v) is 11.5. The molecule has 0 heterocycles. The van der Waals surface area contributed by atoms with Crippen molar-refractivity contribution in [1.29, 1.82) is 0 Å². The van der Waals surface area contributed by atoms with Crippen molar-refractivity contribution in [2.24, 2.45) is 5.92 Å². The third kappa shape index (κ3) is 11.3. The summed E-state index contributed by atoms with van der Waals surface area (Å²) in [6, 6.07) is 0. The molecule has 18 heavy (non-hydrogen) atoms. The van der Waals surface area contributed by atoms with Crippen LogP contribution in [0.25, 0.3) is 0 Å². The number of esters is 2. The van der Waals surface area contributed by atoms with Crippen LogP contribution in [0.15, 0.2) is 0 Å². The molecule has 0 aromatic rings. The Kier molecular flexibility index (Phi) is 7.53. The highest BCUT2D eigenvalue weighted by atomic mass is 32.2. The van der Waals surface area contributed by atoms with Crippen LogP contribution in [0, 0.1) is 5.92 Å². The Morgan fingerprint density at radius 2 is 1.50 bits per heavy atom. The Labute approximate surface area is 107 Å². The van der Waals surface area contributed by atoms with Crippen molar-refractivity contribution >= 4 is 22.1 Å². The maximum absolute atomic E-state index is 10.8. The van der Waals surface area contributed by atoms with E-state index in [4.69, 9.17) is 9.47 Å². The van der Waals surface area contributed by atoms with Gasteiger partial charge >= 0.3 is 11.9 Å². The molecule has 0 spiro atoms. The maximum Gasteiger partial charge on any atom is 0.302 e. The molecule has 7 nitrogen and oxygen atoms in total. The standard InChI is InChI=1S/C10H18O7S/c1-8(11)15-6-10(7-16-9(2)12)4-5-17-18(3,13)14/h10H,4-7H2,1-3H3. The third-order valence-corrected chi connectivity index (χ3v) is 2.46. The summed E-state index contributed by atoms with van der Waals surface area (Å²) in [5, 5.41) is 0. The van der Waals surface area contributed by atoms with Gasteiger partial charge in [0.25, 0.3) is 10.1 Å². The Bertz CT molecular complexity index is 356. The van der Waals surface area contributed by atoms with Crippen LogP contribution in [-0.2, 0) is 33.4 Å². The summed E-state index contributed by atoms with van der Waals surface area (Å²) in [7, 11) is -3.50. The molecule has 0 aromatic heterocycles. The smallest absolute Gasteiger partial charge is 0.302 e. The van der Waals surface area contributed by atoms with Gasteiger partial charge in [0.05, 0.1) is 26.1 Å². The fourth-order valence-corrected chi connectivity index (χ4v) is 1.45. The van der Waals surface area contributed by atoms with E-state index in [-0.39, 0.29) is 25.7 Å². The van der Waals surface area contributed by atoms with Gasteiger partial charge in [-0.1, -0.05) is 0 Å². The number of rotatable bonds is 8. The van der Waals surface area contributed by atoms with Gasteiger partial charge in [-0.3, -0.25) is 13.8 Å². The summed E-state index contributed by atoms with van der Waals surface area (Å²) in [5.74, 6) is -1.20. The Morgan fingerprint density at radius 1 is 1.06 bits per heavy atom. The summed E-state index contributed by atoms with van der Waals surface area (Å²) in [6.07, 6.45) is 1.24. The molecule has 0 bridgehead atoms. The highest BCUT2D eigenvalue weighted by Gasteiger charge is 2.14. The minimum Gasteiger partial charge on any atom is -0.465 e. The Morgan fingerprint density at radius 3 is 1.83 bits per heavy atom. The Balaban J connectivity index is 4.10. The molecule has 0 saturated heterocycles. The lowest BCUT2D eigenvalue weighted by molar-refractivity contribution is -0.146. The maximum atomic E-state index is 10.8. The van der Waals surface area contributed by atoms with Gasteiger partial charge in [0.1, 0.15) is 0 Å². The average molecular weight is 282 g/mol. The van der Waals surface area contributed by atoms with Gasteiger partial charge in [-0.25, -0.2) is 0 Å². The number of carbonyl (C=O) groups excluding carboxylic acids is 2. The molecule has 0 fully saturated rings. The zero-order valence-electron chi connectivity index (χ0n) is 10.7. The highest BCUT2D eigenvalue weighted by Crippen LogP contribution is 2.07. The Hall–Kier alpha value is -1.15. The van der Waals surface area contributed by atoms with Crippen molar-refractivity contribution in [2.45, 2.75) is 20.3 Å². The fraction of sp³-hybridized carbons (Fsp3) is 0.800. The van der Waals surface area contributed by atoms with Crippen LogP contribution in [0.4, 0.5) is 0 Å². The highest BCUT2D eigenvalue weighted by molar-refractivity contribution is 7.85. The van der Waals surface area contributed by atoms with Crippen molar-refractivity contribution in [2.75, 3.05) is 26.1 Å². The van der Waals surface area contributed by atoms with Crippen LogP contribution in [-0.4, -0.2) is 46.4 Å². The van der Waals surface area contributed by atoms with Gasteiger partial charge in [0, 0.05) is 19.8 Å². The molecular weight excluding hydrogens is 264 g/mol. The fourth-order valence-electron chi connectivity index (χ4n) is 1.05. The molecule has 0 radical (unpaired) electrons. The zero-order chi connectivity index (χ0) is 14.2. The van der Waals surface area contributed by atoms with Crippen molar-refractivity contribution in [3.05, 3.63) is 0 Å². The topological polar surface area (TPSA) is 96.0 Å². The first kappa shape index (κ1) is 16.9. The minimum atomic E-state index is -3.50. The molecule has 0 aliphatic carbocycles. The molecule has 0 aromatic carbocycles. The molecule has 0 rings (SSSR count).